The molecule has 0 bridgehead atoms. The average molecular weight is 352 g/mol. The van der Waals surface area contributed by atoms with Gasteiger partial charge in [0, 0.05) is 0 Å². The summed E-state index contributed by atoms with van der Waals surface area (Å²) in [6.45, 7) is 3.82. The summed E-state index contributed by atoms with van der Waals surface area (Å²) in [7, 11) is 0. The highest BCUT2D eigenvalue weighted by Crippen LogP contribution is 2.48. The zero-order chi connectivity index (χ0) is 17.9. The van der Waals surface area contributed by atoms with Crippen molar-refractivity contribution in [2.75, 3.05) is 0 Å². The summed E-state index contributed by atoms with van der Waals surface area (Å²) >= 11 is 0. The number of halogens is 3. The largest absolute Gasteiger partial charge is 0.573 e. The number of ether oxygens (including phenoxy) is 1. The molecule has 2 saturated carbocycles. The average Bonchev–Trinajstić information content (AvgIpc) is 2.58. The molecule has 3 rings (SSSR count). The van der Waals surface area contributed by atoms with Crippen molar-refractivity contribution in [3.05, 3.63) is 42.5 Å². The van der Waals surface area contributed by atoms with Crippen molar-refractivity contribution >= 4 is 0 Å². The molecule has 0 heterocycles. The molecule has 1 aromatic rings. The Morgan fingerprint density at radius 1 is 1.00 bits per heavy atom. The molecule has 4 atom stereocenters. The molecule has 0 spiro atoms. The molecule has 2 aliphatic rings. The first-order chi connectivity index (χ1) is 11.9. The van der Waals surface area contributed by atoms with Crippen LogP contribution in [-0.4, -0.2) is 6.36 Å². The minimum absolute atomic E-state index is 0.132. The monoisotopic (exact) mass is 352 g/mol. The van der Waals surface area contributed by atoms with Gasteiger partial charge in [0.15, 0.2) is 0 Å². The van der Waals surface area contributed by atoms with Crippen LogP contribution in [0, 0.1) is 17.8 Å². The molecule has 0 aromatic heterocycles. The summed E-state index contributed by atoms with van der Waals surface area (Å²) in [5, 5.41) is 0. The number of allylic oxidation sites excluding steroid dienone is 1. The van der Waals surface area contributed by atoms with E-state index in [1.54, 1.807) is 0 Å². The molecule has 1 nitrogen and oxygen atoms in total. The molecule has 1 aromatic carbocycles. The van der Waals surface area contributed by atoms with Gasteiger partial charge in [-0.15, -0.1) is 19.8 Å². The van der Waals surface area contributed by atoms with Crippen LogP contribution in [-0.2, 0) is 0 Å². The fourth-order valence-electron chi connectivity index (χ4n) is 4.85. The molecule has 4 heteroatoms. The number of rotatable bonds is 5. The first kappa shape index (κ1) is 18.3. The van der Waals surface area contributed by atoms with Crippen molar-refractivity contribution in [3.8, 4) is 5.75 Å². The molecule has 0 saturated heterocycles. The summed E-state index contributed by atoms with van der Waals surface area (Å²) in [4.78, 5) is 0. The molecule has 0 aliphatic heterocycles. The maximum Gasteiger partial charge on any atom is 0.573 e. The zero-order valence-corrected chi connectivity index (χ0v) is 14.6. The van der Waals surface area contributed by atoms with E-state index in [0.717, 1.165) is 36.2 Å². The molecular weight excluding hydrogens is 325 g/mol. The van der Waals surface area contributed by atoms with Crippen molar-refractivity contribution in [1.82, 2.24) is 0 Å². The Labute approximate surface area is 148 Å². The quantitative estimate of drug-likeness (QED) is 0.526. The number of hydrogen-bond acceptors (Lipinski definition) is 1. The Hall–Kier alpha value is -1.45. The number of fused-ring (bicyclic) bond motifs is 1. The number of alkyl halides is 3. The van der Waals surface area contributed by atoms with Gasteiger partial charge >= 0.3 is 6.36 Å². The Morgan fingerprint density at radius 2 is 1.68 bits per heavy atom. The SMILES string of the molecule is C=CCCC1CCC2CC(c3ccc(OC(F)(F)F)cc3)CCC2C1. The van der Waals surface area contributed by atoms with Crippen molar-refractivity contribution < 1.29 is 17.9 Å². The Balaban J connectivity index is 1.55. The van der Waals surface area contributed by atoms with Crippen molar-refractivity contribution in [2.24, 2.45) is 17.8 Å². The van der Waals surface area contributed by atoms with Gasteiger partial charge in [-0.3, -0.25) is 0 Å². The lowest BCUT2D eigenvalue weighted by Crippen LogP contribution is -2.30. The van der Waals surface area contributed by atoms with Crippen molar-refractivity contribution in [1.29, 1.82) is 0 Å². The molecule has 0 amide bonds. The highest BCUT2D eigenvalue weighted by Gasteiger charge is 2.36. The highest BCUT2D eigenvalue weighted by atomic mass is 19.4. The minimum atomic E-state index is -4.62. The van der Waals surface area contributed by atoms with Gasteiger partial charge < -0.3 is 4.74 Å². The van der Waals surface area contributed by atoms with Gasteiger partial charge in [-0.25, -0.2) is 0 Å². The third-order valence-corrected chi connectivity index (χ3v) is 6.09. The van der Waals surface area contributed by atoms with Gasteiger partial charge in [-0.2, -0.15) is 0 Å². The van der Waals surface area contributed by atoms with Gasteiger partial charge in [-0.1, -0.05) is 24.6 Å². The maximum absolute atomic E-state index is 12.3. The Morgan fingerprint density at radius 3 is 2.36 bits per heavy atom. The second-order valence-corrected chi connectivity index (χ2v) is 7.69. The van der Waals surface area contributed by atoms with Crippen molar-refractivity contribution in [3.63, 3.8) is 0 Å². The van der Waals surface area contributed by atoms with E-state index < -0.39 is 6.36 Å². The number of hydrogen-bond donors (Lipinski definition) is 0. The minimum Gasteiger partial charge on any atom is -0.406 e. The zero-order valence-electron chi connectivity index (χ0n) is 14.6. The highest BCUT2D eigenvalue weighted by molar-refractivity contribution is 5.30. The lowest BCUT2D eigenvalue weighted by molar-refractivity contribution is -0.274. The molecule has 2 fully saturated rings. The van der Waals surface area contributed by atoms with Gasteiger partial charge in [0.25, 0.3) is 0 Å². The molecular formula is C21H27F3O. The topological polar surface area (TPSA) is 9.23 Å². The third-order valence-electron chi connectivity index (χ3n) is 6.09. The van der Waals surface area contributed by atoms with E-state index in [1.165, 1.54) is 50.7 Å². The summed E-state index contributed by atoms with van der Waals surface area (Å²) < 4.78 is 40.8. The first-order valence-corrected chi connectivity index (χ1v) is 9.41. The van der Waals surface area contributed by atoms with Crippen LogP contribution in [0.4, 0.5) is 13.2 Å². The first-order valence-electron chi connectivity index (χ1n) is 9.41. The van der Waals surface area contributed by atoms with E-state index in [1.807, 2.05) is 18.2 Å². The second-order valence-electron chi connectivity index (χ2n) is 7.69. The smallest absolute Gasteiger partial charge is 0.406 e. The predicted molar refractivity (Wildman–Crippen MR) is 93.5 cm³/mol. The molecule has 0 N–H and O–H groups in total. The van der Waals surface area contributed by atoms with Crippen LogP contribution in [0.15, 0.2) is 36.9 Å². The molecule has 0 radical (unpaired) electrons. The summed E-state index contributed by atoms with van der Waals surface area (Å²) in [6, 6.07) is 6.51. The Bertz CT molecular complexity index is 563. The van der Waals surface area contributed by atoms with Crippen LogP contribution in [0.3, 0.4) is 0 Å². The standard InChI is InChI=1S/C21H27F3O/c1-2-3-4-15-5-6-19-14-18(8-7-17(19)13-15)16-9-11-20(12-10-16)25-21(22,23)24/h2,9-12,15,17-19H,1,3-8,13-14H2. The molecule has 4 unspecified atom stereocenters. The normalized spacial score (nSPS) is 29.7. The summed E-state index contributed by atoms with van der Waals surface area (Å²) in [5.41, 5.74) is 1.15. The number of benzene rings is 1. The van der Waals surface area contributed by atoms with Crippen LogP contribution >= 0.6 is 0 Å². The van der Waals surface area contributed by atoms with Gasteiger partial charge in [0.05, 0.1) is 0 Å². The molecule has 25 heavy (non-hydrogen) atoms. The fourth-order valence-corrected chi connectivity index (χ4v) is 4.85. The molecule has 138 valence electrons. The Kier molecular flexibility index (Phi) is 5.75. The van der Waals surface area contributed by atoms with Crippen LogP contribution < -0.4 is 4.74 Å². The lowest BCUT2D eigenvalue weighted by atomic mass is 9.63. The van der Waals surface area contributed by atoms with Crippen LogP contribution in [0.1, 0.15) is 62.8 Å². The van der Waals surface area contributed by atoms with Crippen LogP contribution in [0.25, 0.3) is 0 Å². The van der Waals surface area contributed by atoms with E-state index in [4.69, 9.17) is 0 Å². The van der Waals surface area contributed by atoms with E-state index in [2.05, 4.69) is 11.3 Å². The molecule has 2 aliphatic carbocycles. The van der Waals surface area contributed by atoms with Crippen molar-refractivity contribution in [2.45, 2.75) is 63.6 Å². The fraction of sp³-hybridized carbons (Fsp3) is 0.619. The third kappa shape index (κ3) is 5.02. The lowest BCUT2D eigenvalue weighted by Gasteiger charge is -2.42. The van der Waals surface area contributed by atoms with E-state index >= 15 is 0 Å². The summed E-state index contributed by atoms with van der Waals surface area (Å²) in [6.07, 6.45) is 7.35. The van der Waals surface area contributed by atoms with E-state index in [0.29, 0.717) is 5.92 Å². The van der Waals surface area contributed by atoms with Crippen LogP contribution in [0.2, 0.25) is 0 Å². The van der Waals surface area contributed by atoms with E-state index in [-0.39, 0.29) is 5.75 Å². The van der Waals surface area contributed by atoms with Gasteiger partial charge in [0.1, 0.15) is 5.75 Å². The van der Waals surface area contributed by atoms with Gasteiger partial charge in [0.2, 0.25) is 0 Å². The van der Waals surface area contributed by atoms with E-state index in [9.17, 15) is 13.2 Å². The van der Waals surface area contributed by atoms with Gasteiger partial charge in [-0.05, 0) is 86.3 Å². The second kappa shape index (κ2) is 7.84. The van der Waals surface area contributed by atoms with Crippen LogP contribution in [0.5, 0.6) is 5.75 Å². The predicted octanol–water partition coefficient (Wildman–Crippen LogP) is 6.85. The summed E-state index contributed by atoms with van der Waals surface area (Å²) in [5.74, 6) is 2.82. The maximum atomic E-state index is 12.3.